The third kappa shape index (κ3) is 4.96. The van der Waals surface area contributed by atoms with Crippen molar-refractivity contribution in [1.82, 2.24) is 4.90 Å². The fourth-order valence-electron chi connectivity index (χ4n) is 3.09. The van der Waals surface area contributed by atoms with Crippen LogP contribution in [0.5, 0.6) is 5.75 Å². The van der Waals surface area contributed by atoms with Gasteiger partial charge in [-0.05, 0) is 36.8 Å². The zero-order valence-electron chi connectivity index (χ0n) is 14.8. The van der Waals surface area contributed by atoms with E-state index in [0.717, 1.165) is 12.8 Å². The highest BCUT2D eigenvalue weighted by Crippen LogP contribution is 2.25. The molecule has 1 saturated heterocycles. The third-order valence-electron chi connectivity index (χ3n) is 4.53. The molecule has 1 aromatic carbocycles. The summed E-state index contributed by atoms with van der Waals surface area (Å²) in [7, 11) is 0. The van der Waals surface area contributed by atoms with Crippen molar-refractivity contribution < 1.29 is 14.3 Å². The summed E-state index contributed by atoms with van der Waals surface area (Å²) in [6.07, 6.45) is 1.28. The van der Waals surface area contributed by atoms with Gasteiger partial charge in [-0.3, -0.25) is 9.59 Å². The maximum atomic E-state index is 12.9. The van der Waals surface area contributed by atoms with Crippen molar-refractivity contribution in [2.75, 3.05) is 13.1 Å². The van der Waals surface area contributed by atoms with E-state index in [4.69, 9.17) is 10.5 Å². The molecule has 1 fully saturated rings. The second-order valence-corrected chi connectivity index (χ2v) is 6.83. The molecule has 0 saturated carbocycles. The molecule has 0 aromatic heterocycles. The second kappa shape index (κ2) is 8.52. The van der Waals surface area contributed by atoms with Gasteiger partial charge in [0, 0.05) is 19.5 Å². The average molecular weight is 343 g/mol. The van der Waals surface area contributed by atoms with E-state index in [9.17, 15) is 14.9 Å². The Morgan fingerprint density at radius 2 is 1.96 bits per heavy atom. The minimum Gasteiger partial charge on any atom is -0.479 e. The maximum Gasteiger partial charge on any atom is 0.263 e. The van der Waals surface area contributed by atoms with E-state index >= 15 is 0 Å². The molecule has 6 nitrogen and oxygen atoms in total. The average Bonchev–Trinajstić information content (AvgIpc) is 2.59. The number of nitrogens with two attached hydrogens (primary N) is 1. The standard InChI is InChI=1S/C19H25N3O3/c1-13(2)18(25-16-6-4-3-5-15(16)12-20)19(24)22-9-7-14(8-10-22)11-17(21)23/h3-6,13-14,18H,7-11H2,1-2H3,(H2,21,23)/t18-/m1/s1. The van der Waals surface area contributed by atoms with Crippen molar-refractivity contribution in [3.05, 3.63) is 29.8 Å². The minimum absolute atomic E-state index is 0.0254. The molecule has 0 radical (unpaired) electrons. The number of primary amides is 1. The van der Waals surface area contributed by atoms with Crippen LogP contribution in [-0.4, -0.2) is 35.9 Å². The molecule has 0 aliphatic carbocycles. The monoisotopic (exact) mass is 343 g/mol. The van der Waals surface area contributed by atoms with E-state index in [1.54, 1.807) is 29.2 Å². The van der Waals surface area contributed by atoms with Crippen LogP contribution < -0.4 is 10.5 Å². The number of amides is 2. The molecular formula is C19H25N3O3. The van der Waals surface area contributed by atoms with Crippen LogP contribution in [0.2, 0.25) is 0 Å². The SMILES string of the molecule is CC(C)[C@@H](Oc1ccccc1C#N)C(=O)N1CCC(CC(N)=O)CC1. The van der Waals surface area contributed by atoms with Crippen LogP contribution in [0.4, 0.5) is 0 Å². The molecule has 0 unspecified atom stereocenters. The van der Waals surface area contributed by atoms with Gasteiger partial charge in [-0.2, -0.15) is 5.26 Å². The van der Waals surface area contributed by atoms with Gasteiger partial charge in [0.1, 0.15) is 11.8 Å². The lowest BCUT2D eigenvalue weighted by Gasteiger charge is -2.35. The number of hydrogen-bond donors (Lipinski definition) is 1. The van der Waals surface area contributed by atoms with Gasteiger partial charge in [0.15, 0.2) is 6.10 Å². The van der Waals surface area contributed by atoms with Gasteiger partial charge in [0.25, 0.3) is 5.91 Å². The van der Waals surface area contributed by atoms with Crippen LogP contribution in [0.25, 0.3) is 0 Å². The van der Waals surface area contributed by atoms with E-state index in [-0.39, 0.29) is 23.7 Å². The summed E-state index contributed by atoms with van der Waals surface area (Å²) in [5.41, 5.74) is 5.67. The summed E-state index contributed by atoms with van der Waals surface area (Å²) in [5, 5.41) is 9.20. The number of benzene rings is 1. The van der Waals surface area contributed by atoms with E-state index in [2.05, 4.69) is 6.07 Å². The van der Waals surface area contributed by atoms with Crippen LogP contribution in [0.1, 0.15) is 38.7 Å². The topological polar surface area (TPSA) is 96.4 Å². The van der Waals surface area contributed by atoms with Crippen molar-refractivity contribution in [1.29, 1.82) is 5.26 Å². The lowest BCUT2D eigenvalue weighted by atomic mass is 9.92. The highest BCUT2D eigenvalue weighted by Gasteiger charge is 2.32. The molecule has 2 N–H and O–H groups in total. The molecule has 134 valence electrons. The van der Waals surface area contributed by atoms with Gasteiger partial charge < -0.3 is 15.4 Å². The van der Waals surface area contributed by atoms with E-state index < -0.39 is 6.10 Å². The Bertz CT molecular complexity index is 658. The van der Waals surface area contributed by atoms with Gasteiger partial charge >= 0.3 is 0 Å². The van der Waals surface area contributed by atoms with Gasteiger partial charge in [-0.1, -0.05) is 26.0 Å². The smallest absolute Gasteiger partial charge is 0.263 e. The Balaban J connectivity index is 2.04. The highest BCUT2D eigenvalue weighted by molar-refractivity contribution is 5.82. The fraction of sp³-hybridized carbons (Fsp3) is 0.526. The van der Waals surface area contributed by atoms with Gasteiger partial charge in [0.2, 0.25) is 5.91 Å². The first kappa shape index (κ1) is 18.8. The Hall–Kier alpha value is -2.55. The van der Waals surface area contributed by atoms with Crippen LogP contribution in [0.15, 0.2) is 24.3 Å². The number of ether oxygens (including phenoxy) is 1. The molecular weight excluding hydrogens is 318 g/mol. The summed E-state index contributed by atoms with van der Waals surface area (Å²) in [6, 6.07) is 9.02. The first-order valence-electron chi connectivity index (χ1n) is 8.65. The van der Waals surface area contributed by atoms with Crippen LogP contribution >= 0.6 is 0 Å². The summed E-state index contributed by atoms with van der Waals surface area (Å²) >= 11 is 0. The molecule has 0 bridgehead atoms. The quantitative estimate of drug-likeness (QED) is 0.855. The lowest BCUT2D eigenvalue weighted by molar-refractivity contribution is -0.142. The normalized spacial score (nSPS) is 16.3. The van der Waals surface area contributed by atoms with Crippen LogP contribution in [0.3, 0.4) is 0 Å². The van der Waals surface area contributed by atoms with Crippen molar-refractivity contribution in [2.24, 2.45) is 17.6 Å². The van der Waals surface area contributed by atoms with Gasteiger partial charge in [0.05, 0.1) is 5.56 Å². The molecule has 1 heterocycles. The number of nitrogens with zero attached hydrogens (tertiary/aromatic N) is 2. The first-order valence-corrected chi connectivity index (χ1v) is 8.65. The summed E-state index contributed by atoms with van der Waals surface area (Å²) in [6.45, 7) is 5.06. The van der Waals surface area contributed by atoms with Gasteiger partial charge in [-0.15, -0.1) is 0 Å². The molecule has 1 aliphatic rings. The van der Waals surface area contributed by atoms with Crippen molar-refractivity contribution in [2.45, 2.75) is 39.2 Å². The largest absolute Gasteiger partial charge is 0.479 e. The predicted octanol–water partition coefficient (Wildman–Crippen LogP) is 2.08. The number of nitriles is 1. The number of piperidine rings is 1. The minimum atomic E-state index is -0.637. The molecule has 1 aromatic rings. The summed E-state index contributed by atoms with van der Waals surface area (Å²) < 4.78 is 5.92. The molecule has 25 heavy (non-hydrogen) atoms. The fourth-order valence-corrected chi connectivity index (χ4v) is 3.09. The van der Waals surface area contributed by atoms with E-state index in [0.29, 0.717) is 30.8 Å². The van der Waals surface area contributed by atoms with Crippen molar-refractivity contribution in [3.63, 3.8) is 0 Å². The third-order valence-corrected chi connectivity index (χ3v) is 4.53. The Labute approximate surface area is 148 Å². The Morgan fingerprint density at radius 1 is 1.32 bits per heavy atom. The Kier molecular flexibility index (Phi) is 6.40. The lowest BCUT2D eigenvalue weighted by Crippen LogP contribution is -2.48. The molecule has 2 rings (SSSR count). The van der Waals surface area contributed by atoms with Crippen LogP contribution in [0, 0.1) is 23.2 Å². The predicted molar refractivity (Wildman–Crippen MR) is 93.5 cm³/mol. The number of hydrogen-bond acceptors (Lipinski definition) is 4. The van der Waals surface area contributed by atoms with Crippen molar-refractivity contribution in [3.8, 4) is 11.8 Å². The maximum absolute atomic E-state index is 12.9. The molecule has 1 aliphatic heterocycles. The molecule has 1 atom stereocenters. The number of rotatable bonds is 6. The van der Waals surface area contributed by atoms with Crippen LogP contribution in [-0.2, 0) is 9.59 Å². The molecule has 0 spiro atoms. The van der Waals surface area contributed by atoms with Gasteiger partial charge in [-0.25, -0.2) is 0 Å². The zero-order valence-corrected chi connectivity index (χ0v) is 14.8. The highest BCUT2D eigenvalue weighted by atomic mass is 16.5. The summed E-state index contributed by atoms with van der Waals surface area (Å²) in [4.78, 5) is 25.7. The first-order chi connectivity index (χ1) is 11.9. The van der Waals surface area contributed by atoms with Crippen molar-refractivity contribution >= 4 is 11.8 Å². The number of para-hydroxylation sites is 1. The number of carbonyl (C=O) groups excluding carboxylic acids is 2. The molecule has 6 heteroatoms. The number of carbonyl (C=O) groups is 2. The van der Waals surface area contributed by atoms with E-state index in [1.165, 1.54) is 0 Å². The molecule has 2 amide bonds. The summed E-state index contributed by atoms with van der Waals surface area (Å²) in [5.74, 6) is 0.295. The number of likely N-dealkylation sites (tertiary alicyclic amines) is 1. The van der Waals surface area contributed by atoms with E-state index in [1.807, 2.05) is 13.8 Å². The zero-order chi connectivity index (χ0) is 18.4. The Morgan fingerprint density at radius 3 is 2.52 bits per heavy atom. The second-order valence-electron chi connectivity index (χ2n) is 6.83.